The Morgan fingerprint density at radius 1 is 1.20 bits per heavy atom. The summed E-state index contributed by atoms with van der Waals surface area (Å²) in [7, 11) is 0. The zero-order valence-corrected chi connectivity index (χ0v) is 21.3. The fourth-order valence-corrected chi connectivity index (χ4v) is 4.51. The van der Waals surface area contributed by atoms with Gasteiger partial charge in [0.2, 0.25) is 11.9 Å². The molecule has 4 rings (SSSR count). The van der Waals surface area contributed by atoms with Crippen molar-refractivity contribution in [2.45, 2.75) is 58.0 Å². The monoisotopic (exact) mass is 505 g/mol. The smallest absolute Gasteiger partial charge is 0.229 e. The van der Waals surface area contributed by atoms with Crippen molar-refractivity contribution < 1.29 is 9.18 Å². The van der Waals surface area contributed by atoms with E-state index in [4.69, 9.17) is 17.3 Å². The molecule has 10 heteroatoms. The molecule has 35 heavy (non-hydrogen) atoms. The van der Waals surface area contributed by atoms with Gasteiger partial charge in [-0.2, -0.15) is 4.98 Å². The number of alkyl halides is 1. The molecule has 1 aromatic carbocycles. The Balaban J connectivity index is 0.000000363. The van der Waals surface area contributed by atoms with Crippen molar-refractivity contribution in [1.82, 2.24) is 20.2 Å². The highest BCUT2D eigenvalue weighted by molar-refractivity contribution is 6.32. The maximum atomic E-state index is 12.4. The summed E-state index contributed by atoms with van der Waals surface area (Å²) < 4.78 is 11.6. The van der Waals surface area contributed by atoms with E-state index in [2.05, 4.69) is 30.8 Å². The van der Waals surface area contributed by atoms with Crippen LogP contribution in [0.1, 0.15) is 46.0 Å². The number of carbonyl (C=O) groups is 1. The SMILES string of the molecule is CC(C)NC(=O)[C@H]1CCC[C@H]1Nc1nc(Nc2ccc(N)cc2)ncc1Cl.FCCN1CCCC1. The van der Waals surface area contributed by atoms with Crippen LogP contribution in [0.3, 0.4) is 0 Å². The third-order valence-corrected chi connectivity index (χ3v) is 6.39. The van der Waals surface area contributed by atoms with Gasteiger partial charge in [-0.25, -0.2) is 9.37 Å². The van der Waals surface area contributed by atoms with Crippen LogP contribution in [0.25, 0.3) is 0 Å². The second-order valence-corrected chi connectivity index (χ2v) is 9.73. The van der Waals surface area contributed by atoms with Crippen molar-refractivity contribution in [2.24, 2.45) is 5.92 Å². The van der Waals surface area contributed by atoms with Gasteiger partial charge in [-0.05, 0) is 76.9 Å². The molecule has 2 heterocycles. The van der Waals surface area contributed by atoms with Crippen LogP contribution in [0.4, 0.5) is 27.5 Å². The molecule has 1 aliphatic heterocycles. The first-order chi connectivity index (χ1) is 16.9. The number of carbonyl (C=O) groups excluding carboxylic acids is 1. The molecule has 5 N–H and O–H groups in total. The lowest BCUT2D eigenvalue weighted by Crippen LogP contribution is -2.41. The van der Waals surface area contributed by atoms with Gasteiger partial charge in [0.25, 0.3) is 0 Å². The topological polar surface area (TPSA) is 108 Å². The van der Waals surface area contributed by atoms with Crippen LogP contribution < -0.4 is 21.7 Å². The summed E-state index contributed by atoms with van der Waals surface area (Å²) in [5, 5.41) is 9.89. The third-order valence-electron chi connectivity index (χ3n) is 6.12. The Labute approximate surface area is 212 Å². The van der Waals surface area contributed by atoms with E-state index in [0.717, 1.165) is 38.0 Å². The van der Waals surface area contributed by atoms with E-state index in [9.17, 15) is 9.18 Å². The average Bonchev–Trinajstić information content (AvgIpc) is 3.50. The van der Waals surface area contributed by atoms with Crippen LogP contribution >= 0.6 is 11.6 Å². The van der Waals surface area contributed by atoms with Crippen molar-refractivity contribution in [3.8, 4) is 0 Å². The number of nitrogens with one attached hydrogen (secondary N) is 3. The van der Waals surface area contributed by atoms with Crippen LogP contribution in [-0.2, 0) is 4.79 Å². The summed E-state index contributed by atoms with van der Waals surface area (Å²) >= 11 is 6.28. The van der Waals surface area contributed by atoms with Gasteiger partial charge in [-0.1, -0.05) is 18.0 Å². The second-order valence-electron chi connectivity index (χ2n) is 9.33. The van der Waals surface area contributed by atoms with Gasteiger partial charge in [0.05, 0.1) is 12.1 Å². The highest BCUT2D eigenvalue weighted by Gasteiger charge is 2.33. The molecule has 0 spiro atoms. The maximum absolute atomic E-state index is 12.4. The minimum absolute atomic E-state index is 0.000485. The van der Waals surface area contributed by atoms with E-state index in [0.29, 0.717) is 29.0 Å². The standard InChI is InChI=1S/C19H25ClN6O.C6H12FN/c1-11(2)23-18(27)14-4-3-5-16(14)25-17-15(20)10-22-19(26-17)24-13-8-6-12(21)7-9-13;7-3-6-8-4-1-2-5-8/h6-11,14,16H,3-5,21H2,1-2H3,(H,23,27)(H2,22,24,25,26);1-6H2/t14-,16+;/m0./s1. The molecule has 2 aromatic rings. The van der Waals surface area contributed by atoms with Gasteiger partial charge < -0.3 is 26.6 Å². The molecular weight excluding hydrogens is 469 g/mol. The Kier molecular flexibility index (Phi) is 10.3. The fraction of sp³-hybridized carbons (Fsp3) is 0.560. The van der Waals surface area contributed by atoms with Crippen molar-refractivity contribution in [3.63, 3.8) is 0 Å². The molecule has 1 saturated carbocycles. The molecule has 0 unspecified atom stereocenters. The molecule has 1 aliphatic carbocycles. The minimum atomic E-state index is -0.181. The molecule has 0 bridgehead atoms. The predicted octanol–water partition coefficient (Wildman–Crippen LogP) is 4.61. The molecule has 2 aliphatic rings. The number of nitrogen functional groups attached to an aromatic ring is 1. The summed E-state index contributed by atoms with van der Waals surface area (Å²) in [5.41, 5.74) is 7.22. The zero-order valence-electron chi connectivity index (χ0n) is 20.6. The number of hydrogen-bond donors (Lipinski definition) is 4. The molecule has 1 aromatic heterocycles. The van der Waals surface area contributed by atoms with Gasteiger partial charge in [-0.15, -0.1) is 0 Å². The molecule has 2 fully saturated rings. The number of nitrogens with two attached hydrogens (primary N) is 1. The maximum Gasteiger partial charge on any atom is 0.229 e. The molecule has 2 atom stereocenters. The molecular formula is C25H37ClFN7O. The minimum Gasteiger partial charge on any atom is -0.399 e. The van der Waals surface area contributed by atoms with E-state index in [1.54, 1.807) is 18.3 Å². The highest BCUT2D eigenvalue weighted by Crippen LogP contribution is 2.31. The lowest BCUT2D eigenvalue weighted by molar-refractivity contribution is -0.125. The number of halogens is 2. The second kappa shape index (κ2) is 13.4. The summed E-state index contributed by atoms with van der Waals surface area (Å²) in [6, 6.07) is 7.42. The first kappa shape index (κ1) is 26.9. The van der Waals surface area contributed by atoms with Gasteiger partial charge >= 0.3 is 0 Å². The number of likely N-dealkylation sites (tertiary alicyclic amines) is 1. The van der Waals surface area contributed by atoms with E-state index in [1.165, 1.54) is 12.8 Å². The number of anilines is 4. The van der Waals surface area contributed by atoms with E-state index < -0.39 is 0 Å². The largest absolute Gasteiger partial charge is 0.399 e. The summed E-state index contributed by atoms with van der Waals surface area (Å²) in [4.78, 5) is 23.3. The van der Waals surface area contributed by atoms with Crippen LogP contribution in [-0.4, -0.2) is 59.2 Å². The van der Waals surface area contributed by atoms with Crippen LogP contribution in [0.2, 0.25) is 5.02 Å². The molecule has 1 saturated heterocycles. The van der Waals surface area contributed by atoms with Crippen LogP contribution in [0, 0.1) is 5.92 Å². The van der Waals surface area contributed by atoms with E-state index in [-0.39, 0.29) is 30.6 Å². The number of benzene rings is 1. The van der Waals surface area contributed by atoms with E-state index >= 15 is 0 Å². The van der Waals surface area contributed by atoms with Crippen LogP contribution in [0.15, 0.2) is 30.5 Å². The molecule has 192 valence electrons. The Hall–Kier alpha value is -2.65. The predicted molar refractivity (Wildman–Crippen MR) is 141 cm³/mol. The normalized spacial score (nSPS) is 19.8. The average molecular weight is 506 g/mol. The van der Waals surface area contributed by atoms with Crippen molar-refractivity contribution in [1.29, 1.82) is 0 Å². The fourth-order valence-electron chi connectivity index (χ4n) is 4.36. The van der Waals surface area contributed by atoms with Gasteiger partial charge in [0, 0.05) is 30.0 Å². The number of hydrogen-bond acceptors (Lipinski definition) is 7. The molecule has 8 nitrogen and oxygen atoms in total. The third kappa shape index (κ3) is 8.50. The first-order valence-corrected chi connectivity index (χ1v) is 12.7. The highest BCUT2D eigenvalue weighted by atomic mass is 35.5. The van der Waals surface area contributed by atoms with Gasteiger partial charge in [0.1, 0.15) is 11.7 Å². The van der Waals surface area contributed by atoms with Crippen LogP contribution in [0.5, 0.6) is 0 Å². The number of aromatic nitrogens is 2. The van der Waals surface area contributed by atoms with Gasteiger partial charge in [0.15, 0.2) is 5.82 Å². The number of amides is 1. The lowest BCUT2D eigenvalue weighted by atomic mass is 10.0. The Morgan fingerprint density at radius 2 is 1.91 bits per heavy atom. The summed E-state index contributed by atoms with van der Waals surface area (Å²) in [5.74, 6) is 0.934. The zero-order chi connectivity index (χ0) is 25.2. The lowest BCUT2D eigenvalue weighted by Gasteiger charge is -2.22. The Morgan fingerprint density at radius 3 is 2.57 bits per heavy atom. The van der Waals surface area contributed by atoms with Crippen molar-refractivity contribution in [3.05, 3.63) is 35.5 Å². The van der Waals surface area contributed by atoms with Gasteiger partial charge in [-0.3, -0.25) is 4.79 Å². The number of rotatable bonds is 8. The number of nitrogens with zero attached hydrogens (tertiary/aromatic N) is 3. The van der Waals surface area contributed by atoms with Crippen molar-refractivity contribution >= 4 is 40.6 Å². The van der Waals surface area contributed by atoms with E-state index in [1.807, 2.05) is 26.0 Å². The van der Waals surface area contributed by atoms with Crippen molar-refractivity contribution in [2.75, 3.05) is 42.7 Å². The Bertz CT molecular complexity index is 938. The quantitative estimate of drug-likeness (QED) is 0.388. The molecule has 0 radical (unpaired) electrons. The summed E-state index contributed by atoms with van der Waals surface area (Å²) in [6.45, 7) is 6.63. The summed E-state index contributed by atoms with van der Waals surface area (Å²) in [6.07, 6.45) is 6.83. The molecule has 1 amide bonds. The first-order valence-electron chi connectivity index (χ1n) is 12.4.